The molecule has 3 aromatic rings. The number of aryl methyl sites for hydroxylation is 1. The second-order valence-corrected chi connectivity index (χ2v) is 7.61. The van der Waals surface area contributed by atoms with Crippen molar-refractivity contribution in [3.8, 4) is 5.95 Å². The number of para-hydroxylation sites is 2. The molecule has 4 heterocycles. The maximum atomic E-state index is 5.51. The highest BCUT2D eigenvalue weighted by atomic mass is 16.5. The third-order valence-electron chi connectivity index (χ3n) is 5.61. The predicted octanol–water partition coefficient (Wildman–Crippen LogP) is 1.11. The van der Waals surface area contributed by atoms with Crippen LogP contribution < -0.4 is 9.80 Å². The Hall–Kier alpha value is -2.78. The molecule has 29 heavy (non-hydrogen) atoms. The van der Waals surface area contributed by atoms with Crippen LogP contribution in [0.1, 0.15) is 5.82 Å². The lowest BCUT2D eigenvalue weighted by Gasteiger charge is -2.33. The Labute approximate surface area is 169 Å². The van der Waals surface area contributed by atoms with Crippen molar-refractivity contribution in [1.29, 1.82) is 0 Å². The van der Waals surface area contributed by atoms with Crippen LogP contribution in [0.4, 0.5) is 11.9 Å². The second kappa shape index (κ2) is 7.57. The van der Waals surface area contributed by atoms with Crippen molar-refractivity contribution < 1.29 is 4.74 Å². The van der Waals surface area contributed by atoms with Crippen molar-refractivity contribution in [2.24, 2.45) is 0 Å². The molecule has 0 bridgehead atoms. The van der Waals surface area contributed by atoms with Gasteiger partial charge in [0.05, 0.1) is 24.2 Å². The summed E-state index contributed by atoms with van der Waals surface area (Å²) in [4.78, 5) is 26.0. The van der Waals surface area contributed by atoms with Gasteiger partial charge in [-0.15, -0.1) is 0 Å². The van der Waals surface area contributed by atoms with E-state index in [9.17, 15) is 0 Å². The Morgan fingerprint density at radius 1 is 0.759 bits per heavy atom. The number of rotatable bonds is 3. The summed E-state index contributed by atoms with van der Waals surface area (Å²) in [5.41, 5.74) is 1.95. The van der Waals surface area contributed by atoms with Crippen LogP contribution in [-0.2, 0) is 4.74 Å². The van der Waals surface area contributed by atoms with Crippen molar-refractivity contribution >= 4 is 22.9 Å². The Morgan fingerprint density at radius 3 is 2.10 bits per heavy atom. The maximum Gasteiger partial charge on any atom is 0.242 e. The van der Waals surface area contributed by atoms with Gasteiger partial charge < -0.3 is 19.4 Å². The van der Waals surface area contributed by atoms with Gasteiger partial charge >= 0.3 is 0 Å². The first-order valence-electron chi connectivity index (χ1n) is 10.2. The summed E-state index contributed by atoms with van der Waals surface area (Å²) in [6.45, 7) is 8.77. The predicted molar refractivity (Wildman–Crippen MR) is 112 cm³/mol. The summed E-state index contributed by atoms with van der Waals surface area (Å²) in [6.07, 6.45) is 0. The molecule has 2 aromatic heterocycles. The van der Waals surface area contributed by atoms with Crippen LogP contribution >= 0.6 is 0 Å². The average molecular weight is 394 g/mol. The zero-order valence-electron chi connectivity index (χ0n) is 17.0. The third kappa shape index (κ3) is 3.51. The van der Waals surface area contributed by atoms with Gasteiger partial charge in [-0.1, -0.05) is 12.1 Å². The van der Waals surface area contributed by atoms with E-state index in [1.54, 1.807) is 0 Å². The highest BCUT2D eigenvalue weighted by Crippen LogP contribution is 2.23. The number of morpholine rings is 1. The van der Waals surface area contributed by atoms with Crippen LogP contribution in [0, 0.1) is 6.92 Å². The number of aromatic nitrogens is 5. The highest BCUT2D eigenvalue weighted by Gasteiger charge is 2.23. The molecule has 0 spiro atoms. The number of benzene rings is 1. The number of imidazole rings is 1. The van der Waals surface area contributed by atoms with Gasteiger partial charge in [-0.25, -0.2) is 4.98 Å². The first-order chi connectivity index (χ1) is 14.2. The number of fused-ring (bicyclic) bond motifs is 1. The van der Waals surface area contributed by atoms with Gasteiger partial charge in [-0.2, -0.15) is 15.0 Å². The van der Waals surface area contributed by atoms with E-state index >= 15 is 0 Å². The minimum Gasteiger partial charge on any atom is -0.378 e. The number of anilines is 2. The molecular formula is C20H26N8O. The van der Waals surface area contributed by atoms with Crippen LogP contribution in [-0.4, -0.2) is 88.9 Å². The van der Waals surface area contributed by atoms with Gasteiger partial charge in [0.2, 0.25) is 17.8 Å². The second-order valence-electron chi connectivity index (χ2n) is 7.61. The van der Waals surface area contributed by atoms with Crippen molar-refractivity contribution in [2.75, 3.05) is 69.3 Å². The lowest BCUT2D eigenvalue weighted by molar-refractivity contribution is 0.122. The van der Waals surface area contributed by atoms with Crippen LogP contribution in [0.2, 0.25) is 0 Å². The molecule has 9 nitrogen and oxygen atoms in total. The van der Waals surface area contributed by atoms with Crippen molar-refractivity contribution in [3.63, 3.8) is 0 Å². The van der Waals surface area contributed by atoms with E-state index in [2.05, 4.69) is 27.8 Å². The van der Waals surface area contributed by atoms with E-state index < -0.39 is 0 Å². The molecule has 0 saturated carbocycles. The van der Waals surface area contributed by atoms with Gasteiger partial charge in [-0.3, -0.25) is 4.57 Å². The molecule has 2 aliphatic rings. The number of ether oxygens (including phenoxy) is 1. The minimum absolute atomic E-state index is 0.626. The quantitative estimate of drug-likeness (QED) is 0.654. The summed E-state index contributed by atoms with van der Waals surface area (Å²) < 4.78 is 7.54. The Bertz CT molecular complexity index is 1000. The van der Waals surface area contributed by atoms with E-state index in [1.165, 1.54) is 0 Å². The molecule has 5 rings (SSSR count). The summed E-state index contributed by atoms with van der Waals surface area (Å²) in [5, 5.41) is 0. The maximum absolute atomic E-state index is 5.51. The molecule has 2 saturated heterocycles. The smallest absolute Gasteiger partial charge is 0.242 e. The minimum atomic E-state index is 0.626. The zero-order chi connectivity index (χ0) is 19.8. The van der Waals surface area contributed by atoms with Crippen LogP contribution in [0.3, 0.4) is 0 Å². The van der Waals surface area contributed by atoms with Crippen molar-refractivity contribution in [3.05, 3.63) is 30.1 Å². The zero-order valence-corrected chi connectivity index (χ0v) is 17.0. The highest BCUT2D eigenvalue weighted by molar-refractivity contribution is 5.77. The molecule has 0 amide bonds. The normalized spacial score (nSPS) is 18.6. The summed E-state index contributed by atoms with van der Waals surface area (Å²) in [6, 6.07) is 8.10. The van der Waals surface area contributed by atoms with E-state index in [1.807, 2.05) is 29.7 Å². The molecule has 0 radical (unpaired) electrons. The number of hydrogen-bond donors (Lipinski definition) is 0. The van der Waals surface area contributed by atoms with Gasteiger partial charge in [-0.05, 0) is 26.1 Å². The first-order valence-corrected chi connectivity index (χ1v) is 10.2. The fourth-order valence-corrected chi connectivity index (χ4v) is 3.89. The summed E-state index contributed by atoms with van der Waals surface area (Å²) in [5.74, 6) is 2.95. The lowest BCUT2D eigenvalue weighted by atomic mass is 10.3. The molecule has 9 heteroatoms. The SMILES string of the molecule is Cc1nc2ccccc2n1-c1nc(N2CCOCC2)nc(N2CCN(C)CC2)n1. The fourth-order valence-electron chi connectivity index (χ4n) is 3.89. The molecule has 0 unspecified atom stereocenters. The molecule has 1 aromatic carbocycles. The number of hydrogen-bond acceptors (Lipinski definition) is 8. The third-order valence-corrected chi connectivity index (χ3v) is 5.61. The average Bonchev–Trinajstić information content (AvgIpc) is 3.10. The fraction of sp³-hybridized carbons (Fsp3) is 0.500. The van der Waals surface area contributed by atoms with Crippen molar-refractivity contribution in [2.45, 2.75) is 6.92 Å². The Balaban J connectivity index is 1.61. The Morgan fingerprint density at radius 2 is 1.38 bits per heavy atom. The standard InChI is InChI=1S/C20H26N8O/c1-15-21-16-5-3-4-6-17(16)28(15)20-23-18(26-9-7-25(2)8-10-26)22-19(24-20)27-11-13-29-14-12-27/h3-6H,7-14H2,1-2H3. The van der Waals surface area contributed by atoms with E-state index in [0.29, 0.717) is 25.1 Å². The largest absolute Gasteiger partial charge is 0.378 e. The van der Waals surface area contributed by atoms with Crippen molar-refractivity contribution in [1.82, 2.24) is 29.4 Å². The molecule has 0 aliphatic carbocycles. The number of nitrogens with zero attached hydrogens (tertiary/aromatic N) is 8. The topological polar surface area (TPSA) is 75.4 Å². The first kappa shape index (κ1) is 18.3. The molecular weight excluding hydrogens is 368 g/mol. The van der Waals surface area contributed by atoms with Gasteiger partial charge in [0.1, 0.15) is 5.82 Å². The van der Waals surface area contributed by atoms with Gasteiger partial charge in [0, 0.05) is 39.3 Å². The molecule has 152 valence electrons. The molecule has 2 aliphatic heterocycles. The molecule has 0 atom stereocenters. The van der Waals surface area contributed by atoms with Crippen LogP contribution in [0.15, 0.2) is 24.3 Å². The molecule has 0 N–H and O–H groups in total. The molecule has 2 fully saturated rings. The van der Waals surface area contributed by atoms with Crippen LogP contribution in [0.5, 0.6) is 0 Å². The Kier molecular flexibility index (Phi) is 4.76. The van der Waals surface area contributed by atoms with E-state index in [-0.39, 0.29) is 0 Å². The van der Waals surface area contributed by atoms with E-state index in [4.69, 9.17) is 24.7 Å². The number of likely N-dealkylation sites (N-methyl/N-ethyl adjacent to an activating group) is 1. The monoisotopic (exact) mass is 394 g/mol. The van der Waals surface area contributed by atoms with Gasteiger partial charge in [0.25, 0.3) is 0 Å². The summed E-state index contributed by atoms with van der Waals surface area (Å²) >= 11 is 0. The van der Waals surface area contributed by atoms with Gasteiger partial charge in [0.15, 0.2) is 0 Å². The lowest BCUT2D eigenvalue weighted by Crippen LogP contribution is -2.45. The summed E-state index contributed by atoms with van der Waals surface area (Å²) in [7, 11) is 2.15. The van der Waals surface area contributed by atoms with Crippen LogP contribution in [0.25, 0.3) is 17.0 Å². The van der Waals surface area contributed by atoms with E-state index in [0.717, 1.165) is 62.1 Å². The number of piperazine rings is 1.